The zero-order chi connectivity index (χ0) is 14.0. The lowest BCUT2D eigenvalue weighted by atomic mass is 9.92. The van der Waals surface area contributed by atoms with Gasteiger partial charge in [0.15, 0.2) is 0 Å². The van der Waals surface area contributed by atoms with Gasteiger partial charge in [0, 0.05) is 12.0 Å². The molecule has 4 heteroatoms. The van der Waals surface area contributed by atoms with Crippen molar-refractivity contribution in [2.75, 3.05) is 52.5 Å². The summed E-state index contributed by atoms with van der Waals surface area (Å²) in [6, 6.07) is 0. The molecule has 0 aromatic rings. The molecule has 0 unspecified atom stereocenters. The Balaban J connectivity index is 4.04. The summed E-state index contributed by atoms with van der Waals surface area (Å²) < 4.78 is 0. The Labute approximate surface area is 113 Å². The predicted molar refractivity (Wildman–Crippen MR) is 76.8 cm³/mol. The van der Waals surface area contributed by atoms with E-state index in [0.29, 0.717) is 0 Å². The van der Waals surface area contributed by atoms with Crippen LogP contribution in [0, 0.1) is 5.41 Å². The predicted octanol–water partition coefficient (Wildman–Crippen LogP) is 1.03. The highest BCUT2D eigenvalue weighted by molar-refractivity contribution is 4.76. The Morgan fingerprint density at radius 1 is 0.833 bits per heavy atom. The van der Waals surface area contributed by atoms with Crippen LogP contribution in [0.3, 0.4) is 0 Å². The summed E-state index contributed by atoms with van der Waals surface area (Å²) in [4.78, 5) is 4.74. The molecule has 0 saturated carbocycles. The lowest BCUT2D eigenvalue weighted by Gasteiger charge is -2.32. The second kappa shape index (κ2) is 9.73. The van der Waals surface area contributed by atoms with Gasteiger partial charge in [0.2, 0.25) is 0 Å². The van der Waals surface area contributed by atoms with Gasteiger partial charge in [-0.15, -0.1) is 0 Å². The summed E-state index contributed by atoms with van der Waals surface area (Å²) in [6.07, 6.45) is 1.14. The Kier molecular flexibility index (Phi) is 9.64. The Hall–Kier alpha value is -0.160. The van der Waals surface area contributed by atoms with Crippen LogP contribution in [0.5, 0.6) is 0 Å². The monoisotopic (exact) mass is 260 g/mol. The largest absolute Gasteiger partial charge is 0.396 e. The minimum absolute atomic E-state index is 0.0377. The van der Waals surface area contributed by atoms with E-state index < -0.39 is 0 Å². The highest BCUT2D eigenvalue weighted by atomic mass is 16.3. The number of nitrogens with zero attached hydrogens (tertiary/aromatic N) is 2. The fraction of sp³-hybridized carbons (Fsp3) is 1.00. The van der Waals surface area contributed by atoms with Crippen molar-refractivity contribution in [3.63, 3.8) is 0 Å². The van der Waals surface area contributed by atoms with Crippen molar-refractivity contribution in [3.8, 4) is 0 Å². The van der Waals surface area contributed by atoms with Gasteiger partial charge in [0.25, 0.3) is 0 Å². The lowest BCUT2D eigenvalue weighted by molar-refractivity contribution is 0.0355. The molecule has 0 heterocycles. The average Bonchev–Trinajstić information content (AvgIpc) is 2.42. The SMILES string of the molecule is CCN(CC)CCCN(CC)CC(C)(CO)CO. The van der Waals surface area contributed by atoms with Crippen molar-refractivity contribution >= 4 is 0 Å². The molecule has 0 aromatic heterocycles. The molecule has 0 amide bonds. The van der Waals surface area contributed by atoms with Gasteiger partial charge in [0.1, 0.15) is 0 Å². The molecule has 0 fully saturated rings. The van der Waals surface area contributed by atoms with Crippen molar-refractivity contribution in [2.24, 2.45) is 5.41 Å². The molecule has 0 saturated heterocycles. The topological polar surface area (TPSA) is 46.9 Å². The summed E-state index contributed by atoms with van der Waals surface area (Å²) in [7, 11) is 0. The summed E-state index contributed by atoms with van der Waals surface area (Å²) in [5.74, 6) is 0. The molecular formula is C14H32N2O2. The normalized spacial score (nSPS) is 12.7. The zero-order valence-corrected chi connectivity index (χ0v) is 12.7. The maximum absolute atomic E-state index is 9.32. The maximum atomic E-state index is 9.32. The molecule has 0 aliphatic heterocycles. The number of rotatable bonds is 11. The molecular weight excluding hydrogens is 228 g/mol. The highest BCUT2D eigenvalue weighted by Gasteiger charge is 2.24. The Morgan fingerprint density at radius 3 is 1.67 bits per heavy atom. The molecule has 18 heavy (non-hydrogen) atoms. The summed E-state index contributed by atoms with van der Waals surface area (Å²) in [5.41, 5.74) is -0.384. The molecule has 4 nitrogen and oxygen atoms in total. The van der Waals surface area contributed by atoms with Crippen molar-refractivity contribution in [1.29, 1.82) is 0 Å². The van der Waals surface area contributed by atoms with E-state index in [0.717, 1.165) is 45.7 Å². The van der Waals surface area contributed by atoms with E-state index >= 15 is 0 Å². The van der Waals surface area contributed by atoms with Gasteiger partial charge < -0.3 is 20.0 Å². The average molecular weight is 260 g/mol. The molecule has 2 N–H and O–H groups in total. The number of aliphatic hydroxyl groups is 2. The molecule has 0 aromatic carbocycles. The third-order valence-corrected chi connectivity index (χ3v) is 3.66. The van der Waals surface area contributed by atoms with Crippen LogP contribution in [0.15, 0.2) is 0 Å². The van der Waals surface area contributed by atoms with Crippen molar-refractivity contribution < 1.29 is 10.2 Å². The van der Waals surface area contributed by atoms with Crippen molar-refractivity contribution in [2.45, 2.75) is 34.1 Å². The summed E-state index contributed by atoms with van der Waals surface area (Å²) in [5, 5.41) is 18.6. The Bertz CT molecular complexity index is 192. The van der Waals surface area contributed by atoms with Gasteiger partial charge in [-0.25, -0.2) is 0 Å². The minimum atomic E-state index is -0.384. The van der Waals surface area contributed by atoms with Crippen LogP contribution < -0.4 is 0 Å². The maximum Gasteiger partial charge on any atom is 0.0519 e. The van der Waals surface area contributed by atoms with E-state index in [2.05, 4.69) is 30.6 Å². The second-order valence-corrected chi connectivity index (χ2v) is 5.38. The molecule has 110 valence electrons. The van der Waals surface area contributed by atoms with E-state index in [9.17, 15) is 10.2 Å². The molecule has 0 radical (unpaired) electrons. The first-order valence-corrected chi connectivity index (χ1v) is 7.21. The van der Waals surface area contributed by atoms with Gasteiger partial charge >= 0.3 is 0 Å². The van der Waals surface area contributed by atoms with Gasteiger partial charge in [0.05, 0.1) is 13.2 Å². The fourth-order valence-corrected chi connectivity index (χ4v) is 2.10. The molecule has 0 spiro atoms. The van der Waals surface area contributed by atoms with Gasteiger partial charge in [-0.2, -0.15) is 0 Å². The first kappa shape index (κ1) is 17.8. The van der Waals surface area contributed by atoms with Crippen LogP contribution in [0.1, 0.15) is 34.1 Å². The summed E-state index contributed by atoms with van der Waals surface area (Å²) >= 11 is 0. The van der Waals surface area contributed by atoms with E-state index in [-0.39, 0.29) is 18.6 Å². The highest BCUT2D eigenvalue weighted by Crippen LogP contribution is 2.16. The van der Waals surface area contributed by atoms with E-state index in [1.165, 1.54) is 0 Å². The number of aliphatic hydroxyl groups excluding tert-OH is 2. The Morgan fingerprint density at radius 2 is 1.28 bits per heavy atom. The van der Waals surface area contributed by atoms with Crippen LogP contribution >= 0.6 is 0 Å². The van der Waals surface area contributed by atoms with Crippen LogP contribution in [0.25, 0.3) is 0 Å². The quantitative estimate of drug-likeness (QED) is 0.582. The first-order valence-electron chi connectivity index (χ1n) is 7.21. The van der Waals surface area contributed by atoms with Crippen LogP contribution in [-0.4, -0.2) is 72.5 Å². The third-order valence-electron chi connectivity index (χ3n) is 3.66. The molecule has 0 aliphatic rings. The zero-order valence-electron chi connectivity index (χ0n) is 12.7. The first-order chi connectivity index (χ1) is 8.55. The fourth-order valence-electron chi connectivity index (χ4n) is 2.10. The minimum Gasteiger partial charge on any atom is -0.396 e. The van der Waals surface area contributed by atoms with Crippen LogP contribution in [-0.2, 0) is 0 Å². The van der Waals surface area contributed by atoms with E-state index in [4.69, 9.17) is 0 Å². The molecule has 0 rings (SSSR count). The van der Waals surface area contributed by atoms with E-state index in [1.807, 2.05) is 6.92 Å². The second-order valence-electron chi connectivity index (χ2n) is 5.38. The number of hydrogen-bond donors (Lipinski definition) is 2. The molecule has 0 atom stereocenters. The van der Waals surface area contributed by atoms with Crippen molar-refractivity contribution in [1.82, 2.24) is 9.80 Å². The lowest BCUT2D eigenvalue weighted by Crippen LogP contribution is -2.41. The standard InChI is InChI=1S/C14H32N2O2/c1-5-15(6-2)9-8-10-16(7-3)11-14(4,12-17)13-18/h17-18H,5-13H2,1-4H3. The van der Waals surface area contributed by atoms with Crippen molar-refractivity contribution in [3.05, 3.63) is 0 Å². The summed E-state index contributed by atoms with van der Waals surface area (Å²) in [6.45, 7) is 14.6. The molecule has 0 bridgehead atoms. The van der Waals surface area contributed by atoms with Gasteiger partial charge in [-0.3, -0.25) is 0 Å². The number of hydrogen-bond acceptors (Lipinski definition) is 4. The molecule has 0 aliphatic carbocycles. The third kappa shape index (κ3) is 6.69. The smallest absolute Gasteiger partial charge is 0.0519 e. The van der Waals surface area contributed by atoms with E-state index in [1.54, 1.807) is 0 Å². The van der Waals surface area contributed by atoms with Gasteiger partial charge in [-0.1, -0.05) is 27.7 Å². The van der Waals surface area contributed by atoms with Crippen LogP contribution in [0.2, 0.25) is 0 Å². The van der Waals surface area contributed by atoms with Gasteiger partial charge in [-0.05, 0) is 39.1 Å². The van der Waals surface area contributed by atoms with Crippen LogP contribution in [0.4, 0.5) is 0 Å².